The maximum atomic E-state index is 11.7. The van der Waals surface area contributed by atoms with Gasteiger partial charge >= 0.3 is 0 Å². The molecular formula is C18H19N3O4. The van der Waals surface area contributed by atoms with Gasteiger partial charge < -0.3 is 15.2 Å². The van der Waals surface area contributed by atoms with Crippen molar-refractivity contribution < 1.29 is 19.4 Å². The Bertz CT molecular complexity index is 760. The van der Waals surface area contributed by atoms with E-state index in [1.807, 2.05) is 6.07 Å². The molecule has 2 amide bonds. The van der Waals surface area contributed by atoms with Crippen molar-refractivity contribution in [2.75, 3.05) is 11.9 Å². The molecule has 0 aliphatic heterocycles. The third-order valence-electron chi connectivity index (χ3n) is 3.07. The number of benzene rings is 2. The molecule has 0 atom stereocenters. The van der Waals surface area contributed by atoms with Crippen molar-refractivity contribution in [3.63, 3.8) is 0 Å². The Hall–Kier alpha value is -3.35. The first kappa shape index (κ1) is 18.0. The lowest BCUT2D eigenvalue weighted by Gasteiger charge is -2.06. The Labute approximate surface area is 145 Å². The van der Waals surface area contributed by atoms with Gasteiger partial charge in [-0.1, -0.05) is 18.2 Å². The second-order valence-electron chi connectivity index (χ2n) is 5.04. The van der Waals surface area contributed by atoms with Crippen molar-refractivity contribution in [3.05, 3.63) is 54.1 Å². The molecule has 2 aromatic rings. The van der Waals surface area contributed by atoms with Gasteiger partial charge in [0.2, 0.25) is 11.8 Å². The first-order valence-corrected chi connectivity index (χ1v) is 7.71. The molecule has 7 heteroatoms. The SMILES string of the molecule is CCOc1cc(C=NNC(=O)CC(=O)Nc2ccccc2)ccc1O. The van der Waals surface area contributed by atoms with Gasteiger partial charge in [-0.2, -0.15) is 5.10 Å². The molecule has 7 nitrogen and oxygen atoms in total. The quantitative estimate of drug-likeness (QED) is 0.408. The average molecular weight is 341 g/mol. The van der Waals surface area contributed by atoms with E-state index in [2.05, 4.69) is 15.8 Å². The molecule has 2 rings (SSSR count). The molecular weight excluding hydrogens is 322 g/mol. The summed E-state index contributed by atoms with van der Waals surface area (Å²) in [5, 5.41) is 16.0. The van der Waals surface area contributed by atoms with Gasteiger partial charge in [0.25, 0.3) is 0 Å². The Morgan fingerprint density at radius 1 is 1.16 bits per heavy atom. The maximum absolute atomic E-state index is 11.7. The summed E-state index contributed by atoms with van der Waals surface area (Å²) in [6.45, 7) is 2.22. The zero-order chi connectivity index (χ0) is 18.1. The number of ether oxygens (including phenoxy) is 1. The average Bonchev–Trinajstić information content (AvgIpc) is 2.58. The molecule has 0 aromatic heterocycles. The molecule has 0 bridgehead atoms. The summed E-state index contributed by atoms with van der Waals surface area (Å²) in [4.78, 5) is 23.4. The highest BCUT2D eigenvalue weighted by atomic mass is 16.5. The van der Waals surface area contributed by atoms with Crippen LogP contribution in [0.25, 0.3) is 0 Å². The minimum absolute atomic E-state index is 0.0284. The number of rotatable bonds is 7. The highest BCUT2D eigenvalue weighted by molar-refractivity contribution is 6.03. The first-order valence-electron chi connectivity index (χ1n) is 7.71. The maximum Gasteiger partial charge on any atom is 0.249 e. The zero-order valence-corrected chi connectivity index (χ0v) is 13.7. The molecule has 0 radical (unpaired) electrons. The van der Waals surface area contributed by atoms with Crippen LogP contribution >= 0.6 is 0 Å². The van der Waals surface area contributed by atoms with Crippen molar-refractivity contribution in [1.82, 2.24) is 5.43 Å². The van der Waals surface area contributed by atoms with Gasteiger partial charge in [-0.15, -0.1) is 0 Å². The number of phenolic OH excluding ortho intramolecular Hbond substituents is 1. The van der Waals surface area contributed by atoms with Gasteiger partial charge in [-0.05, 0) is 42.8 Å². The summed E-state index contributed by atoms with van der Waals surface area (Å²) in [6, 6.07) is 13.6. The van der Waals surface area contributed by atoms with Gasteiger partial charge in [0.1, 0.15) is 6.42 Å². The smallest absolute Gasteiger partial charge is 0.249 e. The molecule has 3 N–H and O–H groups in total. The number of para-hydroxylation sites is 1. The summed E-state index contributed by atoms with van der Waals surface area (Å²) in [6.07, 6.45) is 1.06. The van der Waals surface area contributed by atoms with Crippen LogP contribution in [0.15, 0.2) is 53.6 Å². The summed E-state index contributed by atoms with van der Waals surface area (Å²) < 4.78 is 5.26. The van der Waals surface area contributed by atoms with Crippen LogP contribution in [0.5, 0.6) is 11.5 Å². The van der Waals surface area contributed by atoms with E-state index in [-0.39, 0.29) is 12.2 Å². The van der Waals surface area contributed by atoms with Crippen LogP contribution in [0.2, 0.25) is 0 Å². The van der Waals surface area contributed by atoms with Gasteiger partial charge in [0.05, 0.1) is 12.8 Å². The molecule has 25 heavy (non-hydrogen) atoms. The molecule has 0 unspecified atom stereocenters. The number of nitrogens with zero attached hydrogens (tertiary/aromatic N) is 1. The summed E-state index contributed by atoms with van der Waals surface area (Å²) in [5.74, 6) is -0.601. The highest BCUT2D eigenvalue weighted by Crippen LogP contribution is 2.26. The lowest BCUT2D eigenvalue weighted by molar-refractivity contribution is -0.126. The number of amides is 2. The number of carbonyl (C=O) groups excluding carboxylic acids is 2. The minimum Gasteiger partial charge on any atom is -0.504 e. The predicted octanol–water partition coefficient (Wildman–Crippen LogP) is 2.27. The van der Waals surface area contributed by atoms with Crippen LogP contribution in [-0.4, -0.2) is 29.7 Å². The lowest BCUT2D eigenvalue weighted by Crippen LogP contribution is -2.24. The number of hydrazone groups is 1. The lowest BCUT2D eigenvalue weighted by atomic mass is 10.2. The standard InChI is InChI=1S/C18H19N3O4/c1-2-25-16-10-13(8-9-15(16)22)12-19-21-18(24)11-17(23)20-14-6-4-3-5-7-14/h3-10,12,22H,2,11H2,1H3,(H,20,23)(H,21,24). The Morgan fingerprint density at radius 2 is 1.92 bits per heavy atom. The number of hydrogen-bond donors (Lipinski definition) is 3. The van der Waals surface area contributed by atoms with Crippen LogP contribution in [0.1, 0.15) is 18.9 Å². The number of anilines is 1. The number of hydrogen-bond acceptors (Lipinski definition) is 5. The van der Waals surface area contributed by atoms with E-state index in [0.29, 0.717) is 23.6 Å². The predicted molar refractivity (Wildman–Crippen MR) is 94.7 cm³/mol. The topological polar surface area (TPSA) is 100 Å². The first-order chi connectivity index (χ1) is 12.1. The number of phenols is 1. The van der Waals surface area contributed by atoms with Crippen LogP contribution in [0, 0.1) is 0 Å². The van der Waals surface area contributed by atoms with E-state index in [9.17, 15) is 14.7 Å². The monoisotopic (exact) mass is 341 g/mol. The van der Waals surface area contributed by atoms with E-state index < -0.39 is 11.8 Å². The molecule has 0 saturated carbocycles. The number of aromatic hydroxyl groups is 1. The molecule has 0 fully saturated rings. The van der Waals surface area contributed by atoms with Crippen LogP contribution in [0.3, 0.4) is 0 Å². The Morgan fingerprint density at radius 3 is 2.64 bits per heavy atom. The number of nitrogens with one attached hydrogen (secondary N) is 2. The van der Waals surface area contributed by atoms with Gasteiger partial charge in [0, 0.05) is 5.69 Å². The van der Waals surface area contributed by atoms with Crippen LogP contribution in [-0.2, 0) is 9.59 Å². The zero-order valence-electron chi connectivity index (χ0n) is 13.7. The van der Waals surface area contributed by atoms with Crippen molar-refractivity contribution in [2.45, 2.75) is 13.3 Å². The van der Waals surface area contributed by atoms with Gasteiger partial charge in [-0.3, -0.25) is 9.59 Å². The third-order valence-corrected chi connectivity index (χ3v) is 3.07. The fraction of sp³-hybridized carbons (Fsp3) is 0.167. The van der Waals surface area contributed by atoms with E-state index in [0.717, 1.165) is 0 Å². The largest absolute Gasteiger partial charge is 0.504 e. The Kier molecular flexibility index (Phi) is 6.53. The van der Waals surface area contributed by atoms with E-state index in [1.165, 1.54) is 12.3 Å². The minimum atomic E-state index is -0.534. The molecule has 0 spiro atoms. The van der Waals surface area contributed by atoms with E-state index in [1.54, 1.807) is 43.3 Å². The van der Waals surface area contributed by atoms with Crippen molar-refractivity contribution >= 4 is 23.7 Å². The molecule has 0 heterocycles. The summed E-state index contributed by atoms with van der Waals surface area (Å²) in [7, 11) is 0. The van der Waals surface area contributed by atoms with Crippen molar-refractivity contribution in [3.8, 4) is 11.5 Å². The molecule has 0 aliphatic carbocycles. The van der Waals surface area contributed by atoms with E-state index in [4.69, 9.17) is 4.74 Å². The molecule has 130 valence electrons. The normalized spacial score (nSPS) is 10.4. The van der Waals surface area contributed by atoms with Gasteiger partial charge in [-0.25, -0.2) is 5.43 Å². The second-order valence-corrected chi connectivity index (χ2v) is 5.04. The molecule has 0 aliphatic rings. The fourth-order valence-corrected chi connectivity index (χ4v) is 1.97. The third kappa shape index (κ3) is 5.98. The number of carbonyl (C=O) groups is 2. The fourth-order valence-electron chi connectivity index (χ4n) is 1.97. The van der Waals surface area contributed by atoms with Gasteiger partial charge in [0.15, 0.2) is 11.5 Å². The highest BCUT2D eigenvalue weighted by Gasteiger charge is 2.08. The summed E-state index contributed by atoms with van der Waals surface area (Å²) in [5.41, 5.74) is 3.54. The van der Waals surface area contributed by atoms with Crippen LogP contribution < -0.4 is 15.5 Å². The second kappa shape index (κ2) is 9.07. The molecule has 0 saturated heterocycles. The summed E-state index contributed by atoms with van der Waals surface area (Å²) >= 11 is 0. The Balaban J connectivity index is 1.84. The molecule has 2 aromatic carbocycles. The van der Waals surface area contributed by atoms with Crippen molar-refractivity contribution in [1.29, 1.82) is 0 Å². The van der Waals surface area contributed by atoms with Crippen molar-refractivity contribution in [2.24, 2.45) is 5.10 Å². The van der Waals surface area contributed by atoms with Crippen LogP contribution in [0.4, 0.5) is 5.69 Å². The van der Waals surface area contributed by atoms with E-state index >= 15 is 0 Å².